The van der Waals surface area contributed by atoms with E-state index >= 15 is 0 Å². The van der Waals surface area contributed by atoms with Crippen LogP contribution in [0, 0.1) is 14.3 Å². The molecule has 0 atom stereocenters. The summed E-state index contributed by atoms with van der Waals surface area (Å²) in [6.45, 7) is 0. The van der Waals surface area contributed by atoms with Crippen molar-refractivity contribution in [3.05, 3.63) is 67.9 Å². The lowest BCUT2D eigenvalue weighted by atomic mass is 10.1. The standard InChI is InChI=1S/C23H14I4N4O5S/c1-36-23(35)31-22-29-12-7-6-11(8-13(12)30-22)37-10-4-2-9(3-5-10)28-20(32)14-15(21(33)34)17(25)19(27)18(26)16(14)24/h2-8H,1H3,(H,28,32)(H,33,34)(H2,29,30,31,35). The van der Waals surface area contributed by atoms with E-state index in [-0.39, 0.29) is 11.1 Å². The van der Waals surface area contributed by atoms with Gasteiger partial charge in [-0.2, -0.15) is 0 Å². The van der Waals surface area contributed by atoms with Gasteiger partial charge in [0.25, 0.3) is 5.91 Å². The van der Waals surface area contributed by atoms with Crippen LogP contribution in [0.4, 0.5) is 16.4 Å². The maximum absolute atomic E-state index is 13.1. The molecule has 0 bridgehead atoms. The first-order valence-electron chi connectivity index (χ1n) is 10.1. The molecule has 4 rings (SSSR count). The van der Waals surface area contributed by atoms with Gasteiger partial charge in [-0.05, 0) is 133 Å². The van der Waals surface area contributed by atoms with Crippen LogP contribution < -0.4 is 10.6 Å². The summed E-state index contributed by atoms with van der Waals surface area (Å²) < 4.78 is 7.37. The van der Waals surface area contributed by atoms with E-state index < -0.39 is 18.0 Å². The average Bonchev–Trinajstić information content (AvgIpc) is 3.26. The number of carboxylic acids is 1. The highest BCUT2D eigenvalue weighted by atomic mass is 127. The van der Waals surface area contributed by atoms with Gasteiger partial charge in [0.1, 0.15) is 0 Å². The van der Waals surface area contributed by atoms with Crippen molar-refractivity contribution in [2.24, 2.45) is 0 Å². The van der Waals surface area contributed by atoms with Crippen LogP contribution in [0.3, 0.4) is 0 Å². The molecule has 0 aliphatic rings. The predicted molar refractivity (Wildman–Crippen MR) is 175 cm³/mol. The molecule has 14 heteroatoms. The van der Waals surface area contributed by atoms with Crippen molar-refractivity contribution < 1.29 is 24.2 Å². The summed E-state index contributed by atoms with van der Waals surface area (Å²) in [5.41, 5.74) is 2.15. The molecule has 0 saturated heterocycles. The van der Waals surface area contributed by atoms with Crippen LogP contribution in [-0.2, 0) is 4.74 Å². The smallest absolute Gasteiger partial charge is 0.413 e. The van der Waals surface area contributed by atoms with Crippen LogP contribution >= 0.6 is 102 Å². The maximum Gasteiger partial charge on any atom is 0.413 e. The zero-order valence-electron chi connectivity index (χ0n) is 18.5. The van der Waals surface area contributed by atoms with E-state index in [0.29, 0.717) is 24.3 Å². The number of hydrogen-bond acceptors (Lipinski definition) is 6. The number of carbonyl (C=O) groups excluding carboxylic acids is 2. The van der Waals surface area contributed by atoms with Gasteiger partial charge in [0, 0.05) is 29.8 Å². The number of nitrogens with zero attached hydrogens (tertiary/aromatic N) is 1. The number of rotatable bonds is 6. The second-order valence-corrected chi connectivity index (χ2v) is 12.7. The lowest BCUT2D eigenvalue weighted by molar-refractivity contribution is 0.0691. The first kappa shape index (κ1) is 28.6. The molecule has 1 heterocycles. The number of aromatic nitrogens is 2. The zero-order valence-corrected chi connectivity index (χ0v) is 27.9. The number of aromatic amines is 1. The molecule has 0 aliphatic heterocycles. The summed E-state index contributed by atoms with van der Waals surface area (Å²) in [4.78, 5) is 45.7. The van der Waals surface area contributed by atoms with Crippen LogP contribution in [0.25, 0.3) is 11.0 Å². The number of amides is 2. The lowest BCUT2D eigenvalue weighted by Gasteiger charge is -2.15. The van der Waals surface area contributed by atoms with E-state index in [0.717, 1.165) is 22.4 Å². The second-order valence-electron chi connectivity index (χ2n) is 7.27. The number of aromatic carboxylic acids is 1. The minimum absolute atomic E-state index is 0.00126. The Labute approximate surface area is 269 Å². The molecular weight excluding hydrogens is 952 g/mol. The molecule has 0 radical (unpaired) electrons. The number of fused-ring (bicyclic) bond motifs is 1. The highest BCUT2D eigenvalue weighted by molar-refractivity contribution is 14.1. The molecule has 2 amide bonds. The molecular formula is C23H14I4N4O5S. The van der Waals surface area contributed by atoms with Crippen LogP contribution in [0.5, 0.6) is 0 Å². The quantitative estimate of drug-likeness (QED) is 0.0909. The molecule has 0 spiro atoms. The van der Waals surface area contributed by atoms with Gasteiger partial charge in [0.15, 0.2) is 0 Å². The van der Waals surface area contributed by atoms with Crippen LogP contribution in [-0.4, -0.2) is 40.2 Å². The van der Waals surface area contributed by atoms with E-state index in [1.165, 1.54) is 18.9 Å². The first-order chi connectivity index (χ1) is 17.6. The van der Waals surface area contributed by atoms with Crippen molar-refractivity contribution in [1.82, 2.24) is 9.97 Å². The molecule has 37 heavy (non-hydrogen) atoms. The summed E-state index contributed by atoms with van der Waals surface area (Å²) in [6, 6.07) is 12.9. The van der Waals surface area contributed by atoms with Gasteiger partial charge in [-0.3, -0.25) is 10.1 Å². The van der Waals surface area contributed by atoms with E-state index in [1.54, 1.807) is 12.1 Å². The largest absolute Gasteiger partial charge is 0.478 e. The fourth-order valence-corrected chi connectivity index (χ4v) is 7.76. The van der Waals surface area contributed by atoms with E-state index in [4.69, 9.17) is 0 Å². The minimum Gasteiger partial charge on any atom is -0.478 e. The van der Waals surface area contributed by atoms with Gasteiger partial charge in [0.05, 0.1) is 29.3 Å². The van der Waals surface area contributed by atoms with Gasteiger partial charge in [-0.25, -0.2) is 14.6 Å². The van der Waals surface area contributed by atoms with Crippen LogP contribution in [0.1, 0.15) is 20.7 Å². The van der Waals surface area contributed by atoms with Gasteiger partial charge >= 0.3 is 12.1 Å². The molecule has 3 aromatic carbocycles. The topological polar surface area (TPSA) is 133 Å². The number of nitrogens with one attached hydrogen (secondary N) is 3. The molecule has 1 aromatic heterocycles. The third-order valence-corrected chi connectivity index (χ3v) is 13.3. The lowest BCUT2D eigenvalue weighted by Crippen LogP contribution is -2.21. The monoisotopic (exact) mass is 966 g/mol. The van der Waals surface area contributed by atoms with Crippen molar-refractivity contribution in [2.75, 3.05) is 17.7 Å². The number of carboxylic acid groups (broad SMARTS) is 1. The third kappa shape index (κ3) is 6.44. The Bertz CT molecular complexity index is 1560. The highest BCUT2D eigenvalue weighted by Crippen LogP contribution is 2.34. The number of anilines is 2. The summed E-state index contributed by atoms with van der Waals surface area (Å²) in [5, 5.41) is 15.1. The van der Waals surface area contributed by atoms with Gasteiger partial charge in [-0.15, -0.1) is 0 Å². The van der Waals surface area contributed by atoms with Crippen molar-refractivity contribution in [2.45, 2.75) is 9.79 Å². The number of benzene rings is 3. The maximum atomic E-state index is 13.1. The fraction of sp³-hybridized carbons (Fsp3) is 0.0435. The molecule has 0 aliphatic carbocycles. The SMILES string of the molecule is COC(=O)Nc1nc2ccc(Sc3ccc(NC(=O)c4c(I)c(I)c(I)c(I)c4C(=O)O)cc3)cc2[nH]1. The summed E-state index contributed by atoms with van der Waals surface area (Å²) in [5.74, 6) is -1.33. The number of carbonyl (C=O) groups is 3. The molecule has 0 unspecified atom stereocenters. The van der Waals surface area contributed by atoms with E-state index in [9.17, 15) is 19.5 Å². The Hall–Kier alpha value is -1.39. The van der Waals surface area contributed by atoms with Crippen LogP contribution in [0.2, 0.25) is 0 Å². The van der Waals surface area contributed by atoms with Crippen molar-refractivity contribution in [3.8, 4) is 0 Å². The molecule has 190 valence electrons. The summed E-state index contributed by atoms with van der Waals surface area (Å²) >= 11 is 9.73. The molecule has 0 fully saturated rings. The number of halogens is 4. The Balaban J connectivity index is 1.51. The number of H-pyrrole nitrogens is 1. The fourth-order valence-electron chi connectivity index (χ4n) is 3.24. The van der Waals surface area contributed by atoms with Crippen LogP contribution in [0.15, 0.2) is 52.3 Å². The van der Waals surface area contributed by atoms with Crippen molar-refractivity contribution in [1.29, 1.82) is 0 Å². The van der Waals surface area contributed by atoms with Gasteiger partial charge in [0.2, 0.25) is 5.95 Å². The molecule has 0 saturated carbocycles. The predicted octanol–water partition coefficient (Wildman–Crippen LogP) is 7.26. The number of ether oxygens (including phenoxy) is 1. The second kappa shape index (κ2) is 12.2. The minimum atomic E-state index is -1.14. The Morgan fingerprint density at radius 1 is 0.892 bits per heavy atom. The number of hydrogen-bond donors (Lipinski definition) is 4. The molecule has 9 nitrogen and oxygen atoms in total. The molecule has 4 N–H and O–H groups in total. The summed E-state index contributed by atoms with van der Waals surface area (Å²) in [7, 11) is 1.28. The average molecular weight is 966 g/mol. The number of methoxy groups -OCH3 is 1. The zero-order chi connectivity index (χ0) is 26.9. The summed E-state index contributed by atoms with van der Waals surface area (Å²) in [6.07, 6.45) is -0.610. The van der Waals surface area contributed by atoms with Crippen molar-refractivity contribution in [3.63, 3.8) is 0 Å². The van der Waals surface area contributed by atoms with Gasteiger partial charge in [-0.1, -0.05) is 11.8 Å². The first-order valence-corrected chi connectivity index (χ1v) is 15.3. The molecule has 4 aromatic rings. The van der Waals surface area contributed by atoms with E-state index in [2.05, 4.69) is 70.5 Å². The van der Waals surface area contributed by atoms with Gasteiger partial charge < -0.3 is 20.1 Å². The normalized spacial score (nSPS) is 10.8. The Morgan fingerprint density at radius 3 is 2.14 bits per heavy atom. The Kier molecular flexibility index (Phi) is 9.43. The van der Waals surface area contributed by atoms with E-state index in [1.807, 2.05) is 75.5 Å². The Morgan fingerprint density at radius 2 is 1.51 bits per heavy atom. The third-order valence-electron chi connectivity index (χ3n) is 4.92. The highest BCUT2D eigenvalue weighted by Gasteiger charge is 2.27. The van der Waals surface area contributed by atoms with Crippen molar-refractivity contribution >= 4 is 143 Å². The number of imidazole rings is 1.